The van der Waals surface area contributed by atoms with Crippen LogP contribution in [-0.4, -0.2) is 62.6 Å². The first-order chi connectivity index (χ1) is 26.1. The molecule has 5 aliphatic rings. The first-order valence-electron chi connectivity index (χ1n) is 20.6. The number of aromatic hydroxyl groups is 2. The summed E-state index contributed by atoms with van der Waals surface area (Å²) in [6, 6.07) is 25.5. The van der Waals surface area contributed by atoms with Gasteiger partial charge in [0.1, 0.15) is 23.0 Å². The highest BCUT2D eigenvalue weighted by atomic mass is 16.5. The second-order valence-corrected chi connectivity index (χ2v) is 15.9. The molecule has 7 nitrogen and oxygen atoms in total. The Morgan fingerprint density at radius 2 is 0.717 bits per heavy atom. The van der Waals surface area contributed by atoms with Crippen molar-refractivity contribution < 1.29 is 14.9 Å². The number of ether oxygens (including phenoxy) is 1. The van der Waals surface area contributed by atoms with Crippen molar-refractivity contribution in [3.63, 3.8) is 0 Å². The zero-order chi connectivity index (χ0) is 36.0. The second kappa shape index (κ2) is 16.7. The zero-order valence-corrected chi connectivity index (χ0v) is 31.6. The summed E-state index contributed by atoms with van der Waals surface area (Å²) in [5.41, 5.74) is 9.17. The highest BCUT2D eigenvalue weighted by molar-refractivity contribution is 5.62. The fourth-order valence-electron chi connectivity index (χ4n) is 8.90. The molecule has 4 aromatic rings. The molecule has 0 radical (unpaired) electrons. The van der Waals surface area contributed by atoms with E-state index in [0.29, 0.717) is 17.9 Å². The fourth-order valence-corrected chi connectivity index (χ4v) is 8.90. The number of hydrogen-bond acceptors (Lipinski definition) is 7. The normalized spacial score (nSPS) is 18.7. The van der Waals surface area contributed by atoms with E-state index in [1.54, 1.807) is 0 Å². The Morgan fingerprint density at radius 3 is 1.06 bits per heavy atom. The van der Waals surface area contributed by atoms with Crippen molar-refractivity contribution in [3.8, 4) is 23.0 Å². The van der Waals surface area contributed by atoms with Gasteiger partial charge in [-0.15, -0.1) is 0 Å². The van der Waals surface area contributed by atoms with Crippen LogP contribution in [0.4, 0.5) is 22.7 Å². The van der Waals surface area contributed by atoms with Crippen LogP contribution in [0.15, 0.2) is 72.8 Å². The van der Waals surface area contributed by atoms with Gasteiger partial charge in [0.15, 0.2) is 0 Å². The van der Waals surface area contributed by atoms with Gasteiger partial charge in [0.25, 0.3) is 0 Å². The zero-order valence-electron chi connectivity index (χ0n) is 31.6. The lowest BCUT2D eigenvalue weighted by Crippen LogP contribution is -2.29. The molecule has 9 rings (SSSR count). The summed E-state index contributed by atoms with van der Waals surface area (Å²) in [6.45, 7) is 8.97. The summed E-state index contributed by atoms with van der Waals surface area (Å²) in [7, 11) is 0. The van der Waals surface area contributed by atoms with Crippen LogP contribution in [0.25, 0.3) is 0 Å². The van der Waals surface area contributed by atoms with Crippen LogP contribution >= 0.6 is 0 Å². The van der Waals surface area contributed by atoms with Gasteiger partial charge < -0.3 is 34.5 Å². The number of piperidine rings is 4. The van der Waals surface area contributed by atoms with E-state index >= 15 is 0 Å². The Labute approximate surface area is 316 Å². The molecule has 5 aliphatic heterocycles. The summed E-state index contributed by atoms with van der Waals surface area (Å²) in [5.74, 6) is 2.74. The number of nitrogens with zero attached hydrogens (tertiary/aromatic N) is 4. The first kappa shape index (κ1) is 35.5. The van der Waals surface area contributed by atoms with Crippen LogP contribution in [-0.2, 0) is 12.8 Å². The van der Waals surface area contributed by atoms with E-state index in [-0.39, 0.29) is 0 Å². The molecule has 4 saturated heterocycles. The maximum Gasteiger partial charge on any atom is 0.133 e. The number of phenolic OH excluding ortho intramolecular Hbond substituents is 2. The summed E-state index contributed by atoms with van der Waals surface area (Å²) >= 11 is 0. The van der Waals surface area contributed by atoms with Gasteiger partial charge in [0.2, 0.25) is 0 Å². The Balaban J connectivity index is 0.000000151. The Morgan fingerprint density at radius 1 is 0.396 bits per heavy atom. The minimum absolute atomic E-state index is 0.317. The number of anilines is 4. The first-order valence-corrected chi connectivity index (χ1v) is 20.6. The molecular weight excluding hydrogens is 657 g/mol. The predicted octanol–water partition coefficient (Wildman–Crippen LogP) is 10.0. The molecule has 0 saturated carbocycles. The smallest absolute Gasteiger partial charge is 0.133 e. The van der Waals surface area contributed by atoms with Crippen molar-refractivity contribution in [2.75, 3.05) is 72.0 Å². The number of rotatable bonds is 6. The molecule has 0 bridgehead atoms. The largest absolute Gasteiger partial charge is 0.508 e. The SMILES string of the molecule is Oc1cc(N2CCCCC2)ccc1Cc1ccc(N2CCCCC2)cc1O.c1cc2c(cc1N1CCCCC1)Oc1cc(N3CCCCC3)ccc1C2. The van der Waals surface area contributed by atoms with Crippen molar-refractivity contribution in [3.05, 3.63) is 95.1 Å². The van der Waals surface area contributed by atoms with Gasteiger partial charge in [-0.1, -0.05) is 24.3 Å². The number of hydrogen-bond donors (Lipinski definition) is 2. The Hall–Kier alpha value is -4.52. The van der Waals surface area contributed by atoms with E-state index in [2.05, 4.69) is 68.1 Å². The van der Waals surface area contributed by atoms with E-state index in [4.69, 9.17) is 4.74 Å². The maximum absolute atomic E-state index is 10.5. The van der Waals surface area contributed by atoms with Gasteiger partial charge in [-0.25, -0.2) is 0 Å². The van der Waals surface area contributed by atoms with Crippen LogP contribution < -0.4 is 24.3 Å². The quantitative estimate of drug-likeness (QED) is 0.182. The second-order valence-electron chi connectivity index (χ2n) is 15.9. The molecule has 0 unspecified atom stereocenters. The average Bonchev–Trinajstić information content (AvgIpc) is 3.22. The van der Waals surface area contributed by atoms with E-state index in [0.717, 1.165) is 66.6 Å². The Kier molecular flexibility index (Phi) is 11.2. The summed E-state index contributed by atoms with van der Waals surface area (Å²) < 4.78 is 6.39. The van der Waals surface area contributed by atoms with Crippen molar-refractivity contribution in [1.82, 2.24) is 0 Å². The van der Waals surface area contributed by atoms with Crippen molar-refractivity contribution >= 4 is 22.7 Å². The van der Waals surface area contributed by atoms with Gasteiger partial charge in [0.05, 0.1) is 0 Å². The molecule has 4 aromatic carbocycles. The standard InChI is InChI=1S/C23H30N2O2.C23H28N2O/c26-22-16-20(24-11-3-1-4-12-24)9-7-18(22)15-19-8-10-21(17-23(19)27)25-13-5-2-6-14-25;1-3-11-24(12-4-1)20-9-7-18-15-19-8-10-21(25-13-5-2-6-14-25)17-23(19)26-22(18)16-20/h7-10,16-17,26-27H,1-6,11-15H2;7-10,16-17H,1-6,11-15H2. The van der Waals surface area contributed by atoms with E-state index in [1.165, 1.54) is 126 Å². The minimum Gasteiger partial charge on any atom is -0.508 e. The molecule has 5 heterocycles. The molecule has 2 N–H and O–H groups in total. The van der Waals surface area contributed by atoms with Gasteiger partial charge in [-0.2, -0.15) is 0 Å². The topological polar surface area (TPSA) is 62.6 Å². The van der Waals surface area contributed by atoms with Gasteiger partial charge >= 0.3 is 0 Å². The number of phenols is 2. The molecule has 4 fully saturated rings. The summed E-state index contributed by atoms with van der Waals surface area (Å²) in [5, 5.41) is 21.0. The summed E-state index contributed by atoms with van der Waals surface area (Å²) in [6.07, 6.45) is 17.0. The molecule has 0 spiro atoms. The lowest BCUT2D eigenvalue weighted by molar-refractivity contribution is 0.459. The monoisotopic (exact) mass is 714 g/mol. The maximum atomic E-state index is 10.5. The van der Waals surface area contributed by atoms with Crippen LogP contribution in [0, 0.1) is 0 Å². The molecule has 0 amide bonds. The molecule has 0 aliphatic carbocycles. The number of benzene rings is 4. The molecular formula is C46H58N4O3. The highest BCUT2D eigenvalue weighted by Gasteiger charge is 2.22. The van der Waals surface area contributed by atoms with E-state index in [1.807, 2.05) is 24.3 Å². The van der Waals surface area contributed by atoms with Crippen molar-refractivity contribution in [1.29, 1.82) is 0 Å². The van der Waals surface area contributed by atoms with Crippen LogP contribution in [0.1, 0.15) is 99.3 Å². The molecule has 53 heavy (non-hydrogen) atoms. The molecule has 7 heteroatoms. The average molecular weight is 715 g/mol. The van der Waals surface area contributed by atoms with E-state index in [9.17, 15) is 10.2 Å². The van der Waals surface area contributed by atoms with Crippen LogP contribution in [0.5, 0.6) is 23.0 Å². The highest BCUT2D eigenvalue weighted by Crippen LogP contribution is 2.41. The lowest BCUT2D eigenvalue weighted by Gasteiger charge is -2.31. The molecule has 0 atom stereocenters. The minimum atomic E-state index is 0.317. The van der Waals surface area contributed by atoms with Gasteiger partial charge in [-0.3, -0.25) is 0 Å². The van der Waals surface area contributed by atoms with Gasteiger partial charge in [0, 0.05) is 112 Å². The van der Waals surface area contributed by atoms with Crippen molar-refractivity contribution in [2.45, 2.75) is 89.9 Å². The van der Waals surface area contributed by atoms with Crippen molar-refractivity contribution in [2.24, 2.45) is 0 Å². The molecule has 0 aromatic heterocycles. The number of fused-ring (bicyclic) bond motifs is 2. The fraction of sp³-hybridized carbons (Fsp3) is 0.478. The van der Waals surface area contributed by atoms with Crippen LogP contribution in [0.3, 0.4) is 0 Å². The third-order valence-electron chi connectivity index (χ3n) is 12.1. The summed E-state index contributed by atoms with van der Waals surface area (Å²) in [4.78, 5) is 9.70. The van der Waals surface area contributed by atoms with E-state index < -0.39 is 0 Å². The third-order valence-corrected chi connectivity index (χ3v) is 12.1. The van der Waals surface area contributed by atoms with Crippen LogP contribution in [0.2, 0.25) is 0 Å². The lowest BCUT2D eigenvalue weighted by atomic mass is 9.98. The van der Waals surface area contributed by atoms with Gasteiger partial charge in [-0.05, 0) is 124 Å². The Bertz CT molecular complexity index is 1700. The predicted molar refractivity (Wildman–Crippen MR) is 219 cm³/mol. The molecule has 280 valence electrons. The third kappa shape index (κ3) is 8.50.